The standard InChI is InChI=1S/C16H31NO4/c1-4-6-10-20-11-12-21-14-7-8-16(13-14,15(18)19-3)17-9-5-2/h14,17H,4-13H2,1-3H3. The molecule has 0 aromatic rings. The molecule has 0 aliphatic heterocycles. The van der Waals surface area contributed by atoms with Crippen LogP contribution in [0.4, 0.5) is 0 Å². The lowest BCUT2D eigenvalue weighted by Crippen LogP contribution is -2.51. The highest BCUT2D eigenvalue weighted by molar-refractivity contribution is 5.81. The van der Waals surface area contributed by atoms with Gasteiger partial charge < -0.3 is 19.5 Å². The Morgan fingerprint density at radius 2 is 2.05 bits per heavy atom. The second-order valence-corrected chi connectivity index (χ2v) is 5.70. The zero-order valence-electron chi connectivity index (χ0n) is 13.8. The van der Waals surface area contributed by atoms with Gasteiger partial charge in [0.05, 0.1) is 26.4 Å². The van der Waals surface area contributed by atoms with Crippen molar-refractivity contribution < 1.29 is 19.0 Å². The van der Waals surface area contributed by atoms with Gasteiger partial charge in [-0.25, -0.2) is 0 Å². The van der Waals surface area contributed by atoms with Crippen molar-refractivity contribution in [2.24, 2.45) is 0 Å². The van der Waals surface area contributed by atoms with Gasteiger partial charge >= 0.3 is 5.97 Å². The van der Waals surface area contributed by atoms with E-state index >= 15 is 0 Å². The fourth-order valence-electron chi connectivity index (χ4n) is 2.74. The third-order valence-corrected chi connectivity index (χ3v) is 3.98. The SMILES string of the molecule is CCCCOCCOC1CCC(NCCC)(C(=O)OC)C1. The molecule has 124 valence electrons. The molecular formula is C16H31NO4. The van der Waals surface area contributed by atoms with E-state index in [1.165, 1.54) is 7.11 Å². The third-order valence-electron chi connectivity index (χ3n) is 3.98. The van der Waals surface area contributed by atoms with Crippen LogP contribution in [0.1, 0.15) is 52.4 Å². The summed E-state index contributed by atoms with van der Waals surface area (Å²) in [5.74, 6) is -0.166. The Balaban J connectivity index is 2.31. The molecule has 0 saturated heterocycles. The van der Waals surface area contributed by atoms with E-state index in [0.717, 1.165) is 45.3 Å². The van der Waals surface area contributed by atoms with Gasteiger partial charge in [0.2, 0.25) is 0 Å². The maximum atomic E-state index is 12.1. The maximum Gasteiger partial charge on any atom is 0.326 e. The number of hydrogen-bond donors (Lipinski definition) is 1. The number of rotatable bonds is 11. The van der Waals surface area contributed by atoms with Crippen LogP contribution in [0, 0.1) is 0 Å². The molecule has 5 heteroatoms. The molecule has 1 fully saturated rings. The third kappa shape index (κ3) is 5.93. The maximum absolute atomic E-state index is 12.1. The Labute approximate surface area is 128 Å². The minimum atomic E-state index is -0.557. The summed E-state index contributed by atoms with van der Waals surface area (Å²) in [5.41, 5.74) is -0.557. The molecule has 0 amide bonds. The summed E-state index contributed by atoms with van der Waals surface area (Å²) in [7, 11) is 1.45. The molecule has 2 atom stereocenters. The van der Waals surface area contributed by atoms with E-state index in [1.54, 1.807) is 0 Å². The van der Waals surface area contributed by atoms with Crippen LogP contribution in [-0.2, 0) is 19.0 Å². The van der Waals surface area contributed by atoms with E-state index in [9.17, 15) is 4.79 Å². The van der Waals surface area contributed by atoms with E-state index in [1.807, 2.05) is 0 Å². The van der Waals surface area contributed by atoms with Gasteiger partial charge in [-0.1, -0.05) is 20.3 Å². The number of carbonyl (C=O) groups is 1. The number of nitrogens with one attached hydrogen (secondary N) is 1. The van der Waals surface area contributed by atoms with E-state index in [-0.39, 0.29) is 12.1 Å². The van der Waals surface area contributed by atoms with E-state index in [2.05, 4.69) is 19.2 Å². The largest absolute Gasteiger partial charge is 0.468 e. The van der Waals surface area contributed by atoms with Crippen molar-refractivity contribution in [3.63, 3.8) is 0 Å². The van der Waals surface area contributed by atoms with Crippen LogP contribution in [0.2, 0.25) is 0 Å². The number of ether oxygens (including phenoxy) is 3. The fraction of sp³-hybridized carbons (Fsp3) is 0.938. The number of hydrogen-bond acceptors (Lipinski definition) is 5. The summed E-state index contributed by atoms with van der Waals surface area (Å²) in [6.45, 7) is 7.09. The second kappa shape index (κ2) is 10.1. The van der Waals surface area contributed by atoms with Crippen molar-refractivity contribution in [2.75, 3.05) is 33.5 Å². The fourth-order valence-corrected chi connectivity index (χ4v) is 2.74. The molecule has 0 bridgehead atoms. The smallest absolute Gasteiger partial charge is 0.326 e. The van der Waals surface area contributed by atoms with Crippen LogP contribution in [0.5, 0.6) is 0 Å². The highest BCUT2D eigenvalue weighted by Crippen LogP contribution is 2.33. The van der Waals surface area contributed by atoms with E-state index in [4.69, 9.17) is 14.2 Å². The quantitative estimate of drug-likeness (QED) is 0.469. The lowest BCUT2D eigenvalue weighted by molar-refractivity contribution is -0.149. The predicted molar refractivity (Wildman–Crippen MR) is 82.4 cm³/mol. The Hall–Kier alpha value is -0.650. The molecule has 1 aliphatic carbocycles. The van der Waals surface area contributed by atoms with Crippen molar-refractivity contribution in [2.45, 2.75) is 64.0 Å². The van der Waals surface area contributed by atoms with Gasteiger partial charge in [0.25, 0.3) is 0 Å². The van der Waals surface area contributed by atoms with Crippen LogP contribution in [0.15, 0.2) is 0 Å². The molecular weight excluding hydrogens is 270 g/mol. The monoisotopic (exact) mass is 301 g/mol. The first-order chi connectivity index (χ1) is 10.2. The average Bonchev–Trinajstić information content (AvgIpc) is 2.92. The van der Waals surface area contributed by atoms with Gasteiger partial charge in [-0.3, -0.25) is 4.79 Å². The molecule has 0 spiro atoms. The van der Waals surface area contributed by atoms with Crippen LogP contribution in [0.25, 0.3) is 0 Å². The molecule has 0 aromatic heterocycles. The summed E-state index contributed by atoms with van der Waals surface area (Å²) in [6.07, 6.45) is 5.71. The Morgan fingerprint density at radius 3 is 2.71 bits per heavy atom. The number of carbonyl (C=O) groups excluding carboxylic acids is 1. The summed E-state index contributed by atoms with van der Waals surface area (Å²) >= 11 is 0. The molecule has 5 nitrogen and oxygen atoms in total. The summed E-state index contributed by atoms with van der Waals surface area (Å²) in [6, 6.07) is 0. The summed E-state index contributed by atoms with van der Waals surface area (Å²) < 4.78 is 16.3. The van der Waals surface area contributed by atoms with Crippen LogP contribution in [0.3, 0.4) is 0 Å². The predicted octanol–water partition coefficient (Wildman–Crippen LogP) is 2.28. The minimum Gasteiger partial charge on any atom is -0.468 e. The topological polar surface area (TPSA) is 56.8 Å². The first kappa shape index (κ1) is 18.4. The van der Waals surface area contributed by atoms with Crippen molar-refractivity contribution in [1.29, 1.82) is 0 Å². The molecule has 21 heavy (non-hydrogen) atoms. The highest BCUT2D eigenvalue weighted by Gasteiger charge is 2.46. The molecule has 2 unspecified atom stereocenters. The Morgan fingerprint density at radius 1 is 1.24 bits per heavy atom. The highest BCUT2D eigenvalue weighted by atomic mass is 16.5. The molecule has 0 aromatic carbocycles. The van der Waals surface area contributed by atoms with Crippen molar-refractivity contribution in [1.82, 2.24) is 5.32 Å². The molecule has 0 heterocycles. The number of esters is 1. The molecule has 1 aliphatic rings. The molecule has 1 rings (SSSR count). The lowest BCUT2D eigenvalue weighted by Gasteiger charge is -2.27. The van der Waals surface area contributed by atoms with Crippen LogP contribution in [-0.4, -0.2) is 51.1 Å². The first-order valence-electron chi connectivity index (χ1n) is 8.21. The summed E-state index contributed by atoms with van der Waals surface area (Å²) in [5, 5.41) is 3.36. The van der Waals surface area contributed by atoms with Crippen LogP contribution >= 0.6 is 0 Å². The molecule has 1 N–H and O–H groups in total. The van der Waals surface area contributed by atoms with Gasteiger partial charge in [-0.2, -0.15) is 0 Å². The lowest BCUT2D eigenvalue weighted by atomic mass is 9.97. The van der Waals surface area contributed by atoms with Crippen molar-refractivity contribution in [3.8, 4) is 0 Å². The number of unbranched alkanes of at least 4 members (excludes halogenated alkanes) is 1. The van der Waals surface area contributed by atoms with Crippen LogP contribution < -0.4 is 5.32 Å². The van der Waals surface area contributed by atoms with Gasteiger partial charge in [0, 0.05) is 13.0 Å². The van der Waals surface area contributed by atoms with Crippen molar-refractivity contribution >= 4 is 5.97 Å². The first-order valence-corrected chi connectivity index (χ1v) is 8.21. The van der Waals surface area contributed by atoms with Gasteiger partial charge in [0.15, 0.2) is 0 Å². The van der Waals surface area contributed by atoms with E-state index < -0.39 is 5.54 Å². The van der Waals surface area contributed by atoms with Gasteiger partial charge in [-0.15, -0.1) is 0 Å². The minimum absolute atomic E-state index is 0.114. The molecule has 1 saturated carbocycles. The van der Waals surface area contributed by atoms with Gasteiger partial charge in [-0.05, 0) is 32.2 Å². The number of methoxy groups -OCH3 is 1. The zero-order chi connectivity index (χ0) is 15.6. The normalized spacial score (nSPS) is 25.2. The Bertz CT molecular complexity index is 298. The summed E-state index contributed by atoms with van der Waals surface area (Å²) in [4.78, 5) is 12.1. The van der Waals surface area contributed by atoms with Crippen molar-refractivity contribution in [3.05, 3.63) is 0 Å². The molecule has 0 radical (unpaired) electrons. The van der Waals surface area contributed by atoms with E-state index in [0.29, 0.717) is 19.6 Å². The second-order valence-electron chi connectivity index (χ2n) is 5.70. The van der Waals surface area contributed by atoms with Gasteiger partial charge in [0.1, 0.15) is 5.54 Å². The Kier molecular flexibility index (Phi) is 8.88. The average molecular weight is 301 g/mol. The zero-order valence-corrected chi connectivity index (χ0v) is 13.8.